The lowest BCUT2D eigenvalue weighted by Crippen LogP contribution is -2.15. The summed E-state index contributed by atoms with van der Waals surface area (Å²) in [5, 5.41) is 1.07. The molecule has 0 amide bonds. The zero-order chi connectivity index (χ0) is 18.5. The number of esters is 1. The average molecular weight is 347 g/mol. The van der Waals surface area contributed by atoms with Gasteiger partial charge in [0, 0.05) is 23.1 Å². The smallest absolute Gasteiger partial charge is 0.306 e. The van der Waals surface area contributed by atoms with E-state index < -0.39 is 5.97 Å². The number of aryl methyl sites for hydroxylation is 3. The van der Waals surface area contributed by atoms with Crippen LogP contribution in [-0.4, -0.2) is 23.3 Å². The Bertz CT molecular complexity index is 963. The molecule has 0 aliphatic heterocycles. The van der Waals surface area contributed by atoms with E-state index in [0.717, 1.165) is 27.7 Å². The van der Waals surface area contributed by atoms with Gasteiger partial charge < -0.3 is 4.74 Å². The van der Waals surface area contributed by atoms with Crippen molar-refractivity contribution in [2.75, 3.05) is 6.61 Å². The summed E-state index contributed by atoms with van der Waals surface area (Å²) >= 11 is 0. The second-order valence-electron chi connectivity index (χ2n) is 6.40. The van der Waals surface area contributed by atoms with Crippen molar-refractivity contribution in [1.82, 2.24) is 4.98 Å². The Hall–Kier alpha value is -3.01. The van der Waals surface area contributed by atoms with Gasteiger partial charge in [-0.2, -0.15) is 0 Å². The number of hydrogen-bond acceptors (Lipinski definition) is 4. The van der Waals surface area contributed by atoms with Gasteiger partial charge in [0.1, 0.15) is 0 Å². The number of ketones is 1. The number of aromatic nitrogens is 1. The van der Waals surface area contributed by atoms with Crippen LogP contribution in [0.2, 0.25) is 0 Å². The molecule has 0 fully saturated rings. The Labute approximate surface area is 152 Å². The van der Waals surface area contributed by atoms with Crippen molar-refractivity contribution in [3.8, 4) is 0 Å². The van der Waals surface area contributed by atoms with Gasteiger partial charge in [-0.05, 0) is 37.6 Å². The van der Waals surface area contributed by atoms with Gasteiger partial charge >= 0.3 is 5.97 Å². The fourth-order valence-corrected chi connectivity index (χ4v) is 2.81. The Kier molecular flexibility index (Phi) is 5.42. The summed E-state index contributed by atoms with van der Waals surface area (Å²) in [5.74, 6) is -0.568. The van der Waals surface area contributed by atoms with Crippen molar-refractivity contribution in [3.05, 3.63) is 77.0 Å². The first kappa shape index (κ1) is 17.8. The average Bonchev–Trinajstić information content (AvgIpc) is 2.66. The van der Waals surface area contributed by atoms with Crippen LogP contribution in [0.4, 0.5) is 0 Å². The molecular formula is C22H21NO3. The molecule has 26 heavy (non-hydrogen) atoms. The predicted octanol–water partition coefficient (Wildman–Crippen LogP) is 4.21. The highest BCUT2D eigenvalue weighted by Crippen LogP contribution is 2.14. The van der Waals surface area contributed by atoms with E-state index in [1.54, 1.807) is 0 Å². The van der Waals surface area contributed by atoms with Gasteiger partial charge in [0.05, 0.1) is 11.9 Å². The molecule has 132 valence electrons. The minimum atomic E-state index is -0.390. The topological polar surface area (TPSA) is 56.3 Å². The highest BCUT2D eigenvalue weighted by Gasteiger charge is 2.13. The van der Waals surface area contributed by atoms with E-state index in [-0.39, 0.29) is 18.8 Å². The number of benzene rings is 2. The van der Waals surface area contributed by atoms with E-state index in [9.17, 15) is 9.59 Å². The molecule has 3 aromatic rings. The largest absolute Gasteiger partial charge is 0.457 e. The normalized spacial score (nSPS) is 10.7. The molecule has 4 heteroatoms. The molecule has 0 N–H and O–H groups in total. The van der Waals surface area contributed by atoms with E-state index in [2.05, 4.69) is 4.98 Å². The van der Waals surface area contributed by atoms with Crippen LogP contribution in [0.25, 0.3) is 10.9 Å². The molecule has 4 nitrogen and oxygen atoms in total. The summed E-state index contributed by atoms with van der Waals surface area (Å²) in [5.41, 5.74) is 4.24. The Morgan fingerprint density at radius 2 is 1.81 bits per heavy atom. The highest BCUT2D eigenvalue weighted by molar-refractivity contribution is 5.99. The van der Waals surface area contributed by atoms with Gasteiger partial charge in [-0.25, -0.2) is 0 Å². The van der Waals surface area contributed by atoms with Crippen LogP contribution in [-0.2, 0) is 16.0 Å². The number of para-hydroxylation sites is 1. The third-order valence-electron chi connectivity index (χ3n) is 4.30. The number of carbonyl (C=O) groups excluding carboxylic acids is 2. The molecule has 0 unspecified atom stereocenters. The third kappa shape index (κ3) is 4.33. The third-order valence-corrected chi connectivity index (χ3v) is 4.30. The van der Waals surface area contributed by atoms with E-state index in [0.29, 0.717) is 12.0 Å². The number of pyridine rings is 1. The van der Waals surface area contributed by atoms with E-state index in [1.807, 2.05) is 68.4 Å². The van der Waals surface area contributed by atoms with Crippen molar-refractivity contribution in [3.63, 3.8) is 0 Å². The maximum atomic E-state index is 12.3. The first-order valence-corrected chi connectivity index (χ1v) is 8.63. The van der Waals surface area contributed by atoms with Gasteiger partial charge in [0.2, 0.25) is 5.78 Å². The Morgan fingerprint density at radius 3 is 2.65 bits per heavy atom. The van der Waals surface area contributed by atoms with Gasteiger partial charge in [-0.15, -0.1) is 0 Å². The second kappa shape index (κ2) is 7.91. The first-order chi connectivity index (χ1) is 12.5. The number of ether oxygens (including phenoxy) is 1. The number of rotatable bonds is 6. The molecular weight excluding hydrogens is 326 g/mol. The molecule has 0 atom stereocenters. The first-order valence-electron chi connectivity index (χ1n) is 8.63. The molecule has 0 spiro atoms. The maximum absolute atomic E-state index is 12.3. The van der Waals surface area contributed by atoms with Crippen LogP contribution in [0.3, 0.4) is 0 Å². The van der Waals surface area contributed by atoms with Gasteiger partial charge in [0.25, 0.3) is 0 Å². The SMILES string of the molecule is Cc1ccc(C)c(C(=O)COC(=O)CCc2ccc3ccccc3n2)c1. The van der Waals surface area contributed by atoms with Crippen molar-refractivity contribution in [2.24, 2.45) is 0 Å². The molecule has 0 saturated carbocycles. The molecule has 0 saturated heterocycles. The fourth-order valence-electron chi connectivity index (χ4n) is 2.81. The minimum absolute atomic E-state index is 0.177. The number of nitrogens with zero attached hydrogens (tertiary/aromatic N) is 1. The van der Waals surface area contributed by atoms with Gasteiger partial charge in [-0.1, -0.05) is 42.0 Å². The van der Waals surface area contributed by atoms with Crippen LogP contribution in [0, 0.1) is 13.8 Å². The molecule has 0 aliphatic rings. The molecule has 0 bridgehead atoms. The van der Waals surface area contributed by atoms with E-state index in [1.165, 1.54) is 0 Å². The number of hydrogen-bond donors (Lipinski definition) is 0. The standard InChI is InChI=1S/C22H21NO3/c1-15-7-8-16(2)19(13-15)21(24)14-26-22(25)12-11-18-10-9-17-5-3-4-6-20(17)23-18/h3-10,13H,11-12,14H2,1-2H3. The van der Waals surface area contributed by atoms with E-state index in [4.69, 9.17) is 4.74 Å². The quantitative estimate of drug-likeness (QED) is 0.495. The molecule has 1 aromatic heterocycles. The summed E-state index contributed by atoms with van der Waals surface area (Å²) < 4.78 is 5.15. The number of carbonyl (C=O) groups is 2. The van der Waals surface area contributed by atoms with Crippen LogP contribution >= 0.6 is 0 Å². The van der Waals surface area contributed by atoms with Gasteiger partial charge in [0.15, 0.2) is 6.61 Å². The number of fused-ring (bicyclic) bond motifs is 1. The lowest BCUT2D eigenvalue weighted by atomic mass is 10.0. The van der Waals surface area contributed by atoms with Crippen LogP contribution < -0.4 is 0 Å². The molecule has 0 aliphatic carbocycles. The van der Waals surface area contributed by atoms with Crippen LogP contribution in [0.15, 0.2) is 54.6 Å². The lowest BCUT2D eigenvalue weighted by molar-refractivity contribution is -0.142. The van der Waals surface area contributed by atoms with Crippen LogP contribution in [0.1, 0.15) is 33.6 Å². The van der Waals surface area contributed by atoms with Crippen LogP contribution in [0.5, 0.6) is 0 Å². The molecule has 3 rings (SSSR count). The highest BCUT2D eigenvalue weighted by atomic mass is 16.5. The fraction of sp³-hybridized carbons (Fsp3) is 0.227. The summed E-state index contributed by atoms with van der Waals surface area (Å²) in [7, 11) is 0. The molecule has 0 radical (unpaired) electrons. The summed E-state index contributed by atoms with van der Waals surface area (Å²) in [6.07, 6.45) is 0.687. The lowest BCUT2D eigenvalue weighted by Gasteiger charge is -2.08. The summed E-state index contributed by atoms with van der Waals surface area (Å²) in [6, 6.07) is 17.4. The molecule has 2 aromatic carbocycles. The number of Topliss-reactive ketones (excluding diaryl/α,β-unsaturated/α-hetero) is 1. The Morgan fingerprint density at radius 1 is 1.00 bits per heavy atom. The summed E-state index contributed by atoms with van der Waals surface area (Å²) in [4.78, 5) is 28.8. The predicted molar refractivity (Wildman–Crippen MR) is 101 cm³/mol. The van der Waals surface area contributed by atoms with Crippen molar-refractivity contribution in [2.45, 2.75) is 26.7 Å². The Balaban J connectivity index is 1.53. The van der Waals surface area contributed by atoms with Crippen molar-refractivity contribution >= 4 is 22.7 Å². The van der Waals surface area contributed by atoms with Crippen molar-refractivity contribution < 1.29 is 14.3 Å². The van der Waals surface area contributed by atoms with Gasteiger partial charge in [-0.3, -0.25) is 14.6 Å². The minimum Gasteiger partial charge on any atom is -0.457 e. The van der Waals surface area contributed by atoms with E-state index >= 15 is 0 Å². The maximum Gasteiger partial charge on any atom is 0.306 e. The zero-order valence-corrected chi connectivity index (χ0v) is 15.0. The monoisotopic (exact) mass is 347 g/mol. The van der Waals surface area contributed by atoms with Crippen molar-refractivity contribution in [1.29, 1.82) is 0 Å². The zero-order valence-electron chi connectivity index (χ0n) is 15.0. The molecule has 1 heterocycles. The summed E-state index contributed by atoms with van der Waals surface area (Å²) in [6.45, 7) is 3.58. The second-order valence-corrected chi connectivity index (χ2v) is 6.40.